The second-order valence-electron chi connectivity index (χ2n) is 13.0. The van der Waals surface area contributed by atoms with Gasteiger partial charge in [0.1, 0.15) is 0 Å². The highest BCUT2D eigenvalue weighted by Gasteiger charge is 2.29. The highest BCUT2D eigenvalue weighted by atomic mass is 16.5. The van der Waals surface area contributed by atoms with Crippen LogP contribution < -0.4 is 9.47 Å². The summed E-state index contributed by atoms with van der Waals surface area (Å²) in [5.74, 6) is 1.57. The maximum absolute atomic E-state index is 6.44. The Morgan fingerprint density at radius 2 is 0.913 bits per heavy atom. The van der Waals surface area contributed by atoms with Gasteiger partial charge in [-0.3, -0.25) is 0 Å². The number of nitrogens with zero attached hydrogens (tertiary/aromatic N) is 2. The van der Waals surface area contributed by atoms with E-state index in [2.05, 4.69) is 86.6 Å². The summed E-state index contributed by atoms with van der Waals surface area (Å²) in [7, 11) is 0. The number of unbranched alkanes of at least 4 members (excludes halogenated alkanes) is 10. The Bertz CT molecular complexity index is 1860. The minimum atomic E-state index is 0.685. The van der Waals surface area contributed by atoms with E-state index < -0.39 is 0 Å². The van der Waals surface area contributed by atoms with Gasteiger partial charge in [0.05, 0.1) is 35.6 Å². The van der Waals surface area contributed by atoms with Crippen LogP contribution in [0.3, 0.4) is 0 Å². The van der Waals surface area contributed by atoms with Crippen molar-refractivity contribution < 1.29 is 9.47 Å². The first-order valence-corrected chi connectivity index (χ1v) is 17.8. The Morgan fingerprint density at radius 3 is 1.39 bits per heavy atom. The van der Waals surface area contributed by atoms with Gasteiger partial charge in [-0.05, 0) is 51.9 Å². The Morgan fingerprint density at radius 1 is 0.478 bits per heavy atom. The van der Waals surface area contributed by atoms with E-state index in [9.17, 15) is 0 Å². The fourth-order valence-electron chi connectivity index (χ4n) is 7.16. The Balaban J connectivity index is 1.27. The van der Waals surface area contributed by atoms with Gasteiger partial charge in [-0.25, -0.2) is 9.97 Å². The van der Waals surface area contributed by atoms with Crippen LogP contribution in [0.4, 0.5) is 0 Å². The Kier molecular flexibility index (Phi) is 9.32. The van der Waals surface area contributed by atoms with E-state index in [-0.39, 0.29) is 0 Å². The van der Waals surface area contributed by atoms with Gasteiger partial charge in [0.15, 0.2) is 11.5 Å². The molecule has 1 aliphatic carbocycles. The molecule has 0 amide bonds. The third-order valence-electron chi connectivity index (χ3n) is 9.59. The number of hydrogen-bond acceptors (Lipinski definition) is 4. The van der Waals surface area contributed by atoms with Crippen LogP contribution in [0, 0.1) is 0 Å². The summed E-state index contributed by atoms with van der Waals surface area (Å²) in [5.41, 5.74) is 6.00. The summed E-state index contributed by atoms with van der Waals surface area (Å²) in [6.07, 6.45) is 14.8. The van der Waals surface area contributed by atoms with Gasteiger partial charge in [0.2, 0.25) is 0 Å². The van der Waals surface area contributed by atoms with E-state index in [4.69, 9.17) is 19.4 Å². The van der Waals surface area contributed by atoms with Crippen LogP contribution in [-0.2, 0) is 0 Å². The highest BCUT2D eigenvalue weighted by Crippen LogP contribution is 2.52. The molecule has 6 aromatic rings. The Hall–Kier alpha value is -4.18. The van der Waals surface area contributed by atoms with E-state index in [0.29, 0.717) is 13.2 Å². The zero-order valence-electron chi connectivity index (χ0n) is 27.5. The number of ether oxygens (including phenoxy) is 2. The first-order chi connectivity index (χ1) is 22.8. The molecule has 0 bridgehead atoms. The molecule has 4 heteroatoms. The number of benzene rings is 5. The first-order valence-electron chi connectivity index (χ1n) is 17.8. The summed E-state index contributed by atoms with van der Waals surface area (Å²) in [4.78, 5) is 10.7. The fraction of sp³-hybridized carbons (Fsp3) is 0.381. The average molecular weight is 611 g/mol. The maximum Gasteiger partial charge on any atom is 0.163 e. The molecule has 1 aliphatic rings. The normalized spacial score (nSPS) is 12.0. The molecule has 46 heavy (non-hydrogen) atoms. The molecule has 1 heterocycles. The van der Waals surface area contributed by atoms with E-state index in [1.807, 2.05) is 0 Å². The lowest BCUT2D eigenvalue weighted by Gasteiger charge is -2.15. The molecule has 5 aromatic carbocycles. The molecular weight excluding hydrogens is 564 g/mol. The lowest BCUT2D eigenvalue weighted by atomic mass is 9.94. The molecule has 0 atom stereocenters. The van der Waals surface area contributed by atoms with Crippen molar-refractivity contribution in [3.8, 4) is 34.0 Å². The maximum atomic E-state index is 6.44. The molecule has 7 rings (SSSR count). The predicted molar refractivity (Wildman–Crippen MR) is 194 cm³/mol. The zero-order chi connectivity index (χ0) is 31.3. The van der Waals surface area contributed by atoms with Crippen molar-refractivity contribution in [2.24, 2.45) is 0 Å². The van der Waals surface area contributed by atoms with Gasteiger partial charge in [0.25, 0.3) is 0 Å². The molecule has 0 unspecified atom stereocenters. The SMILES string of the molecule is CCCCCCCCOc1cc2nc3c(nc2cc1OCCCCCCCC)-c1c2ccccc2cc2cc4ccccc4c-3c12. The molecule has 0 spiro atoms. The van der Waals surface area contributed by atoms with Gasteiger partial charge in [-0.15, -0.1) is 0 Å². The van der Waals surface area contributed by atoms with Crippen LogP contribution in [0.15, 0.2) is 72.8 Å². The summed E-state index contributed by atoms with van der Waals surface area (Å²) >= 11 is 0. The molecule has 0 saturated heterocycles. The molecule has 1 aromatic heterocycles. The average Bonchev–Trinajstić information content (AvgIpc) is 3.41. The van der Waals surface area contributed by atoms with Crippen LogP contribution in [0.25, 0.3) is 65.9 Å². The van der Waals surface area contributed by atoms with E-state index >= 15 is 0 Å². The fourth-order valence-corrected chi connectivity index (χ4v) is 7.16. The van der Waals surface area contributed by atoms with E-state index in [1.54, 1.807) is 0 Å². The third kappa shape index (κ3) is 6.02. The molecule has 0 saturated carbocycles. The summed E-state index contributed by atoms with van der Waals surface area (Å²) in [5, 5.41) is 7.37. The monoisotopic (exact) mass is 610 g/mol. The van der Waals surface area contributed by atoms with Crippen molar-refractivity contribution >= 4 is 43.4 Å². The first kappa shape index (κ1) is 30.5. The van der Waals surface area contributed by atoms with E-state index in [1.165, 1.54) is 108 Å². The van der Waals surface area contributed by atoms with Gasteiger partial charge in [0, 0.05) is 28.6 Å². The molecular formula is C42H46N2O2. The second-order valence-corrected chi connectivity index (χ2v) is 13.0. The van der Waals surface area contributed by atoms with Gasteiger partial charge >= 0.3 is 0 Å². The van der Waals surface area contributed by atoms with Crippen molar-refractivity contribution in [3.05, 3.63) is 72.8 Å². The number of fused-ring (bicyclic) bond motifs is 8. The third-order valence-corrected chi connectivity index (χ3v) is 9.59. The van der Waals surface area contributed by atoms with Gasteiger partial charge in [-0.2, -0.15) is 0 Å². The van der Waals surface area contributed by atoms with Crippen LogP contribution >= 0.6 is 0 Å². The number of hydrogen-bond donors (Lipinski definition) is 0. The van der Waals surface area contributed by atoms with Crippen molar-refractivity contribution in [2.45, 2.75) is 90.9 Å². The van der Waals surface area contributed by atoms with E-state index in [0.717, 1.165) is 46.8 Å². The smallest absolute Gasteiger partial charge is 0.163 e. The molecule has 0 radical (unpaired) electrons. The van der Waals surface area contributed by atoms with Crippen LogP contribution in [-0.4, -0.2) is 23.2 Å². The highest BCUT2D eigenvalue weighted by molar-refractivity contribution is 6.28. The van der Waals surface area contributed by atoms with Crippen molar-refractivity contribution in [1.82, 2.24) is 9.97 Å². The summed E-state index contributed by atoms with van der Waals surface area (Å²) in [6.45, 7) is 5.89. The van der Waals surface area contributed by atoms with Crippen molar-refractivity contribution in [3.63, 3.8) is 0 Å². The molecule has 0 N–H and O–H groups in total. The number of rotatable bonds is 16. The van der Waals surface area contributed by atoms with Crippen LogP contribution in [0.1, 0.15) is 90.9 Å². The summed E-state index contributed by atoms with van der Waals surface area (Å²) < 4.78 is 12.9. The topological polar surface area (TPSA) is 44.2 Å². The lowest BCUT2D eigenvalue weighted by Crippen LogP contribution is -2.04. The molecule has 0 aliphatic heterocycles. The van der Waals surface area contributed by atoms with Crippen LogP contribution in [0.5, 0.6) is 11.5 Å². The lowest BCUT2D eigenvalue weighted by molar-refractivity contribution is 0.259. The zero-order valence-corrected chi connectivity index (χ0v) is 27.5. The Labute approximate surface area is 273 Å². The summed E-state index contributed by atoms with van der Waals surface area (Å²) in [6, 6.07) is 26.1. The minimum absolute atomic E-state index is 0.685. The second kappa shape index (κ2) is 14.1. The molecule has 236 valence electrons. The minimum Gasteiger partial charge on any atom is -0.490 e. The molecule has 0 fully saturated rings. The van der Waals surface area contributed by atoms with Crippen molar-refractivity contribution in [2.75, 3.05) is 13.2 Å². The van der Waals surface area contributed by atoms with Gasteiger partial charge < -0.3 is 9.47 Å². The van der Waals surface area contributed by atoms with Crippen LogP contribution in [0.2, 0.25) is 0 Å². The standard InChI is InChI=1S/C42H46N2O2/c1-3-5-7-9-11-17-23-45-36-27-34-35(28-37(36)46-24-18-12-10-8-6-4-2)44-42-40-33-22-16-14-20-30(33)26-31-25-29-19-13-15-21-32(29)39(38(31)40)41(42)43-34/h13-16,19-22,25-28H,3-12,17-18,23-24H2,1-2H3. The van der Waals surface area contributed by atoms with Gasteiger partial charge in [-0.1, -0.05) is 127 Å². The molecule has 4 nitrogen and oxygen atoms in total. The quantitative estimate of drug-likeness (QED) is 0.0806. The van der Waals surface area contributed by atoms with Crippen molar-refractivity contribution in [1.29, 1.82) is 0 Å². The largest absolute Gasteiger partial charge is 0.490 e. The predicted octanol–water partition coefficient (Wildman–Crippen LogP) is 12.2. The number of aromatic nitrogens is 2.